The summed E-state index contributed by atoms with van der Waals surface area (Å²) >= 11 is 0. The SMILES string of the molecule is Cc1c(/C=N\NC(=O)CNc2ccc(F)cc2)c2ccccc2n1C. The van der Waals surface area contributed by atoms with Crippen LogP contribution in [0.25, 0.3) is 10.9 Å². The number of benzene rings is 2. The first-order chi connectivity index (χ1) is 12.1. The van der Waals surface area contributed by atoms with Gasteiger partial charge in [0, 0.05) is 34.9 Å². The number of aromatic nitrogens is 1. The third kappa shape index (κ3) is 3.68. The third-order valence-electron chi connectivity index (χ3n) is 4.13. The molecule has 3 rings (SSSR count). The maximum Gasteiger partial charge on any atom is 0.259 e. The lowest BCUT2D eigenvalue weighted by molar-refractivity contribution is -0.119. The highest BCUT2D eigenvalue weighted by molar-refractivity contribution is 6.01. The average Bonchev–Trinajstić information content (AvgIpc) is 2.86. The Labute approximate surface area is 145 Å². The number of hydrogen-bond acceptors (Lipinski definition) is 3. The van der Waals surface area contributed by atoms with Crippen molar-refractivity contribution in [2.45, 2.75) is 6.92 Å². The maximum atomic E-state index is 12.8. The van der Waals surface area contributed by atoms with Crippen LogP contribution in [0.3, 0.4) is 0 Å². The molecule has 128 valence electrons. The van der Waals surface area contributed by atoms with Crippen molar-refractivity contribution < 1.29 is 9.18 Å². The second-order valence-electron chi connectivity index (χ2n) is 5.73. The van der Waals surface area contributed by atoms with E-state index in [0.29, 0.717) is 5.69 Å². The predicted molar refractivity (Wildman–Crippen MR) is 98.3 cm³/mol. The molecule has 2 aromatic carbocycles. The molecule has 25 heavy (non-hydrogen) atoms. The van der Waals surface area contributed by atoms with Crippen LogP contribution < -0.4 is 10.7 Å². The summed E-state index contributed by atoms with van der Waals surface area (Å²) in [6.07, 6.45) is 1.66. The lowest BCUT2D eigenvalue weighted by Gasteiger charge is -2.04. The monoisotopic (exact) mass is 338 g/mol. The second kappa shape index (κ2) is 7.17. The molecule has 3 aromatic rings. The van der Waals surface area contributed by atoms with E-state index in [0.717, 1.165) is 22.2 Å². The first-order valence-corrected chi connectivity index (χ1v) is 7.91. The Bertz CT molecular complexity index is 928. The van der Waals surface area contributed by atoms with Crippen LogP contribution in [0.1, 0.15) is 11.3 Å². The summed E-state index contributed by atoms with van der Waals surface area (Å²) < 4.78 is 14.9. The molecule has 5 nitrogen and oxygen atoms in total. The number of fused-ring (bicyclic) bond motifs is 1. The number of amides is 1. The number of nitrogens with zero attached hydrogens (tertiary/aromatic N) is 2. The van der Waals surface area contributed by atoms with E-state index < -0.39 is 0 Å². The number of rotatable bonds is 5. The fourth-order valence-corrected chi connectivity index (χ4v) is 2.67. The number of carbonyl (C=O) groups excluding carboxylic acids is 1. The van der Waals surface area contributed by atoms with Gasteiger partial charge in [-0.3, -0.25) is 4.79 Å². The first-order valence-electron chi connectivity index (χ1n) is 7.91. The van der Waals surface area contributed by atoms with Crippen molar-refractivity contribution in [1.29, 1.82) is 0 Å². The van der Waals surface area contributed by atoms with Crippen LogP contribution >= 0.6 is 0 Å². The fraction of sp³-hybridized carbons (Fsp3) is 0.158. The maximum absolute atomic E-state index is 12.8. The van der Waals surface area contributed by atoms with Crippen molar-refractivity contribution in [2.24, 2.45) is 12.1 Å². The highest BCUT2D eigenvalue weighted by Gasteiger charge is 2.09. The molecule has 1 aromatic heterocycles. The summed E-state index contributed by atoms with van der Waals surface area (Å²) in [5, 5.41) is 8.05. The minimum atomic E-state index is -0.315. The summed E-state index contributed by atoms with van der Waals surface area (Å²) in [7, 11) is 2.00. The van der Waals surface area contributed by atoms with E-state index in [2.05, 4.69) is 20.4 Å². The summed E-state index contributed by atoms with van der Waals surface area (Å²) in [6, 6.07) is 13.9. The molecule has 0 aliphatic carbocycles. The van der Waals surface area contributed by atoms with Gasteiger partial charge < -0.3 is 9.88 Å². The Balaban J connectivity index is 1.62. The van der Waals surface area contributed by atoms with Gasteiger partial charge >= 0.3 is 0 Å². The average molecular weight is 338 g/mol. The van der Waals surface area contributed by atoms with Crippen LogP contribution in [0.2, 0.25) is 0 Å². The number of nitrogens with one attached hydrogen (secondary N) is 2. The molecule has 0 saturated heterocycles. The van der Waals surface area contributed by atoms with Crippen LogP contribution in [0.4, 0.5) is 10.1 Å². The second-order valence-corrected chi connectivity index (χ2v) is 5.73. The predicted octanol–water partition coefficient (Wildman–Crippen LogP) is 3.19. The van der Waals surface area contributed by atoms with Crippen LogP contribution in [-0.4, -0.2) is 23.2 Å². The zero-order valence-corrected chi connectivity index (χ0v) is 14.1. The van der Waals surface area contributed by atoms with Gasteiger partial charge in [0.25, 0.3) is 5.91 Å². The van der Waals surface area contributed by atoms with Gasteiger partial charge in [0.15, 0.2) is 0 Å². The fourth-order valence-electron chi connectivity index (χ4n) is 2.67. The highest BCUT2D eigenvalue weighted by Crippen LogP contribution is 2.22. The minimum absolute atomic E-state index is 0.0531. The van der Waals surface area contributed by atoms with Crippen molar-refractivity contribution in [3.63, 3.8) is 0 Å². The van der Waals surface area contributed by atoms with E-state index >= 15 is 0 Å². The minimum Gasteiger partial charge on any atom is -0.376 e. The van der Waals surface area contributed by atoms with Crippen molar-refractivity contribution >= 4 is 28.7 Å². The standard InChI is InChI=1S/C19H19FN4O/c1-13-17(16-5-3-4-6-18(16)24(13)2)11-22-23-19(25)12-21-15-9-7-14(20)8-10-15/h3-11,21H,12H2,1-2H3,(H,23,25)/b22-11-. The number of aryl methyl sites for hydroxylation is 1. The zero-order chi connectivity index (χ0) is 17.8. The van der Waals surface area contributed by atoms with Gasteiger partial charge in [0.05, 0.1) is 12.8 Å². The van der Waals surface area contributed by atoms with Gasteiger partial charge in [0.2, 0.25) is 0 Å². The summed E-state index contributed by atoms with van der Waals surface area (Å²) in [4.78, 5) is 11.9. The number of halogens is 1. The Kier molecular flexibility index (Phi) is 4.79. The molecule has 0 fully saturated rings. The third-order valence-corrected chi connectivity index (χ3v) is 4.13. The van der Waals surface area contributed by atoms with Gasteiger partial charge in [-0.15, -0.1) is 0 Å². The van der Waals surface area contributed by atoms with Gasteiger partial charge in [-0.05, 0) is 37.3 Å². The van der Waals surface area contributed by atoms with E-state index in [-0.39, 0.29) is 18.3 Å². The van der Waals surface area contributed by atoms with Crippen LogP contribution in [0.15, 0.2) is 53.6 Å². The van der Waals surface area contributed by atoms with Gasteiger partial charge in [-0.2, -0.15) is 5.10 Å². The molecule has 0 aliphatic heterocycles. The Hall–Kier alpha value is -3.15. The molecule has 0 spiro atoms. The van der Waals surface area contributed by atoms with Gasteiger partial charge in [-0.25, -0.2) is 9.82 Å². The van der Waals surface area contributed by atoms with E-state index in [1.54, 1.807) is 18.3 Å². The highest BCUT2D eigenvalue weighted by atomic mass is 19.1. The summed E-state index contributed by atoms with van der Waals surface area (Å²) in [5.41, 5.74) is 6.34. The molecule has 1 heterocycles. The molecule has 0 radical (unpaired) electrons. The molecule has 0 bridgehead atoms. The van der Waals surface area contributed by atoms with Crippen LogP contribution in [-0.2, 0) is 11.8 Å². The molecular formula is C19H19FN4O. The van der Waals surface area contributed by atoms with Crippen molar-refractivity contribution in [2.75, 3.05) is 11.9 Å². The Morgan fingerprint density at radius 3 is 2.68 bits per heavy atom. The summed E-state index contributed by atoms with van der Waals surface area (Å²) in [6.45, 7) is 2.07. The molecule has 0 aliphatic rings. The zero-order valence-electron chi connectivity index (χ0n) is 14.1. The quantitative estimate of drug-likeness (QED) is 0.554. The van der Waals surface area contributed by atoms with E-state index in [1.807, 2.05) is 38.2 Å². The normalized spacial score (nSPS) is 11.2. The molecule has 0 unspecified atom stereocenters. The van der Waals surface area contributed by atoms with E-state index in [4.69, 9.17) is 0 Å². The van der Waals surface area contributed by atoms with Crippen molar-refractivity contribution in [3.8, 4) is 0 Å². The first kappa shape index (κ1) is 16.7. The lowest BCUT2D eigenvalue weighted by Crippen LogP contribution is -2.25. The van der Waals surface area contributed by atoms with E-state index in [1.165, 1.54) is 12.1 Å². The molecule has 1 amide bonds. The lowest BCUT2D eigenvalue weighted by atomic mass is 10.1. The molecular weight excluding hydrogens is 319 g/mol. The number of para-hydroxylation sites is 1. The number of hydrazone groups is 1. The smallest absolute Gasteiger partial charge is 0.259 e. The van der Waals surface area contributed by atoms with Crippen LogP contribution in [0.5, 0.6) is 0 Å². The molecule has 2 N–H and O–H groups in total. The Morgan fingerprint density at radius 1 is 1.20 bits per heavy atom. The van der Waals surface area contributed by atoms with Gasteiger partial charge in [-0.1, -0.05) is 18.2 Å². The summed E-state index contributed by atoms with van der Waals surface area (Å²) in [5.74, 6) is -0.594. The number of carbonyl (C=O) groups is 1. The van der Waals surface area contributed by atoms with Crippen LogP contribution in [0, 0.1) is 12.7 Å². The Morgan fingerprint density at radius 2 is 1.92 bits per heavy atom. The topological polar surface area (TPSA) is 58.4 Å². The van der Waals surface area contributed by atoms with Crippen molar-refractivity contribution in [1.82, 2.24) is 9.99 Å². The molecule has 0 saturated carbocycles. The van der Waals surface area contributed by atoms with E-state index in [9.17, 15) is 9.18 Å². The van der Waals surface area contributed by atoms with Gasteiger partial charge in [0.1, 0.15) is 5.82 Å². The molecule has 6 heteroatoms. The molecule has 0 atom stereocenters. The number of hydrogen-bond donors (Lipinski definition) is 2. The number of anilines is 1. The largest absolute Gasteiger partial charge is 0.376 e. The van der Waals surface area contributed by atoms with Crippen molar-refractivity contribution in [3.05, 3.63) is 65.6 Å².